The average molecular weight is 227 g/mol. The van der Waals surface area contributed by atoms with Crippen LogP contribution in [-0.2, 0) is 6.18 Å². The third-order valence-electron chi connectivity index (χ3n) is 2.12. The quantitative estimate of drug-likeness (QED) is 0.749. The van der Waals surface area contributed by atoms with E-state index in [2.05, 4.69) is 10.1 Å². The zero-order valence-electron chi connectivity index (χ0n) is 8.36. The van der Waals surface area contributed by atoms with Gasteiger partial charge in [0.15, 0.2) is 0 Å². The van der Waals surface area contributed by atoms with Crippen LogP contribution in [0, 0.1) is 6.92 Å². The molecule has 1 aromatic carbocycles. The molecule has 0 bridgehead atoms. The van der Waals surface area contributed by atoms with Gasteiger partial charge in [-0.05, 0) is 19.1 Å². The van der Waals surface area contributed by atoms with E-state index in [0.29, 0.717) is 5.56 Å². The van der Waals surface area contributed by atoms with Gasteiger partial charge in [0.2, 0.25) is 0 Å². The number of rotatable bonds is 1. The summed E-state index contributed by atoms with van der Waals surface area (Å²) >= 11 is 0. The Morgan fingerprint density at radius 1 is 1.25 bits per heavy atom. The van der Waals surface area contributed by atoms with Crippen LogP contribution in [0.5, 0.6) is 0 Å². The molecule has 2 rings (SSSR count). The Morgan fingerprint density at radius 3 is 2.56 bits per heavy atom. The number of hydrogen-bond acceptors (Lipinski definition) is 2. The van der Waals surface area contributed by atoms with Crippen molar-refractivity contribution in [2.75, 3.05) is 0 Å². The van der Waals surface area contributed by atoms with Crippen molar-refractivity contribution >= 4 is 0 Å². The first-order valence-electron chi connectivity index (χ1n) is 4.51. The Hall–Kier alpha value is -1.85. The van der Waals surface area contributed by atoms with Gasteiger partial charge >= 0.3 is 6.18 Å². The third kappa shape index (κ3) is 1.91. The van der Waals surface area contributed by atoms with E-state index < -0.39 is 11.7 Å². The van der Waals surface area contributed by atoms with Crippen LogP contribution in [0.15, 0.2) is 30.9 Å². The normalized spacial score (nSPS) is 11.8. The van der Waals surface area contributed by atoms with Crippen molar-refractivity contribution in [2.24, 2.45) is 0 Å². The van der Waals surface area contributed by atoms with Crippen LogP contribution >= 0.6 is 0 Å². The lowest BCUT2D eigenvalue weighted by Crippen LogP contribution is -2.11. The Morgan fingerprint density at radius 2 is 2.00 bits per heavy atom. The summed E-state index contributed by atoms with van der Waals surface area (Å²) in [5.74, 6) is 0. The Balaban J connectivity index is 2.62. The SMILES string of the molecule is Cc1ccc(-n2cncn2)c(C(F)(F)F)c1. The molecule has 0 amide bonds. The molecule has 16 heavy (non-hydrogen) atoms. The molecule has 0 saturated heterocycles. The highest BCUT2D eigenvalue weighted by Crippen LogP contribution is 2.34. The van der Waals surface area contributed by atoms with Crippen LogP contribution in [0.2, 0.25) is 0 Å². The lowest BCUT2D eigenvalue weighted by atomic mass is 10.1. The second kappa shape index (κ2) is 3.62. The minimum atomic E-state index is -4.40. The van der Waals surface area contributed by atoms with Gasteiger partial charge in [0, 0.05) is 0 Å². The minimum absolute atomic E-state index is 0.0180. The van der Waals surface area contributed by atoms with Gasteiger partial charge in [-0.15, -0.1) is 0 Å². The first kappa shape index (κ1) is 10.7. The number of halogens is 3. The number of hydrogen-bond donors (Lipinski definition) is 0. The van der Waals surface area contributed by atoms with E-state index in [1.54, 1.807) is 13.0 Å². The lowest BCUT2D eigenvalue weighted by Gasteiger charge is -2.12. The van der Waals surface area contributed by atoms with Crippen LogP contribution in [0.3, 0.4) is 0 Å². The van der Waals surface area contributed by atoms with Crippen molar-refractivity contribution in [3.8, 4) is 5.69 Å². The molecule has 1 aromatic heterocycles. The number of benzene rings is 1. The van der Waals surface area contributed by atoms with Crippen molar-refractivity contribution in [3.63, 3.8) is 0 Å². The van der Waals surface area contributed by atoms with E-state index in [-0.39, 0.29) is 5.69 Å². The molecule has 0 saturated carbocycles. The number of nitrogens with zero attached hydrogens (tertiary/aromatic N) is 3. The predicted octanol–water partition coefficient (Wildman–Crippen LogP) is 2.59. The maximum absolute atomic E-state index is 12.8. The Kier molecular flexibility index (Phi) is 2.41. The molecule has 0 aliphatic rings. The highest BCUT2D eigenvalue weighted by atomic mass is 19.4. The molecular formula is C10H8F3N3. The molecule has 0 aliphatic heterocycles. The number of alkyl halides is 3. The van der Waals surface area contributed by atoms with Crippen LogP contribution in [0.4, 0.5) is 13.2 Å². The van der Waals surface area contributed by atoms with Gasteiger partial charge in [-0.2, -0.15) is 18.3 Å². The maximum atomic E-state index is 12.8. The van der Waals surface area contributed by atoms with E-state index in [1.165, 1.54) is 18.7 Å². The molecule has 0 N–H and O–H groups in total. The van der Waals surface area contributed by atoms with Gasteiger partial charge in [0.05, 0.1) is 11.3 Å². The Labute approximate surface area is 89.5 Å². The zero-order chi connectivity index (χ0) is 11.8. The summed E-state index contributed by atoms with van der Waals surface area (Å²) in [4.78, 5) is 3.63. The highest BCUT2D eigenvalue weighted by Gasteiger charge is 2.34. The molecule has 0 atom stereocenters. The standard InChI is InChI=1S/C10H8F3N3/c1-7-2-3-9(16-6-14-5-15-16)8(4-7)10(11,12)13/h2-6H,1H3. The van der Waals surface area contributed by atoms with Gasteiger partial charge in [0.1, 0.15) is 12.7 Å². The molecule has 84 valence electrons. The van der Waals surface area contributed by atoms with Crippen LogP contribution in [0.25, 0.3) is 5.69 Å². The minimum Gasteiger partial charge on any atom is -0.223 e. The monoisotopic (exact) mass is 227 g/mol. The second-order valence-electron chi connectivity index (χ2n) is 3.36. The molecule has 0 fully saturated rings. The summed E-state index contributed by atoms with van der Waals surface area (Å²) < 4.78 is 39.4. The molecule has 0 spiro atoms. The first-order chi connectivity index (χ1) is 7.48. The summed E-state index contributed by atoms with van der Waals surface area (Å²) in [6.45, 7) is 1.61. The van der Waals surface area contributed by atoms with Gasteiger partial charge in [-0.1, -0.05) is 11.6 Å². The van der Waals surface area contributed by atoms with Gasteiger partial charge in [-0.25, -0.2) is 9.67 Å². The second-order valence-corrected chi connectivity index (χ2v) is 3.36. The van der Waals surface area contributed by atoms with Crippen LogP contribution in [0.1, 0.15) is 11.1 Å². The summed E-state index contributed by atoms with van der Waals surface area (Å²) in [5.41, 5.74) is -0.176. The van der Waals surface area contributed by atoms with Crippen molar-refractivity contribution in [3.05, 3.63) is 42.0 Å². The number of aromatic nitrogens is 3. The van der Waals surface area contributed by atoms with Gasteiger partial charge < -0.3 is 0 Å². The van der Waals surface area contributed by atoms with E-state index in [9.17, 15) is 13.2 Å². The summed E-state index contributed by atoms with van der Waals surface area (Å²) in [6, 6.07) is 4.08. The summed E-state index contributed by atoms with van der Waals surface area (Å²) in [5, 5.41) is 3.70. The highest BCUT2D eigenvalue weighted by molar-refractivity contribution is 5.44. The van der Waals surface area contributed by atoms with Crippen LogP contribution < -0.4 is 0 Å². The molecule has 2 aromatic rings. The van der Waals surface area contributed by atoms with Crippen molar-refractivity contribution in [2.45, 2.75) is 13.1 Å². The lowest BCUT2D eigenvalue weighted by molar-refractivity contribution is -0.137. The fourth-order valence-corrected chi connectivity index (χ4v) is 1.41. The zero-order valence-corrected chi connectivity index (χ0v) is 8.36. The topological polar surface area (TPSA) is 30.7 Å². The van der Waals surface area contributed by atoms with E-state index in [0.717, 1.165) is 10.7 Å². The van der Waals surface area contributed by atoms with Crippen LogP contribution in [-0.4, -0.2) is 14.8 Å². The van der Waals surface area contributed by atoms with Gasteiger partial charge in [-0.3, -0.25) is 0 Å². The van der Waals surface area contributed by atoms with E-state index in [4.69, 9.17) is 0 Å². The fraction of sp³-hybridized carbons (Fsp3) is 0.200. The average Bonchev–Trinajstić information content (AvgIpc) is 2.69. The van der Waals surface area contributed by atoms with Crippen molar-refractivity contribution < 1.29 is 13.2 Å². The predicted molar refractivity (Wildman–Crippen MR) is 51.1 cm³/mol. The number of aryl methyl sites for hydroxylation is 1. The molecule has 6 heteroatoms. The van der Waals surface area contributed by atoms with Crippen molar-refractivity contribution in [1.82, 2.24) is 14.8 Å². The first-order valence-corrected chi connectivity index (χ1v) is 4.51. The summed E-state index contributed by atoms with van der Waals surface area (Å²) in [7, 11) is 0. The fourth-order valence-electron chi connectivity index (χ4n) is 1.41. The summed E-state index contributed by atoms with van der Waals surface area (Å²) in [6.07, 6.45) is -1.97. The van der Waals surface area contributed by atoms with Crippen molar-refractivity contribution in [1.29, 1.82) is 0 Å². The maximum Gasteiger partial charge on any atom is 0.418 e. The Bertz CT molecular complexity index is 489. The molecular weight excluding hydrogens is 219 g/mol. The molecule has 3 nitrogen and oxygen atoms in total. The molecule has 0 unspecified atom stereocenters. The largest absolute Gasteiger partial charge is 0.418 e. The van der Waals surface area contributed by atoms with E-state index >= 15 is 0 Å². The molecule has 0 radical (unpaired) electrons. The van der Waals surface area contributed by atoms with Gasteiger partial charge in [0.25, 0.3) is 0 Å². The smallest absolute Gasteiger partial charge is 0.223 e. The van der Waals surface area contributed by atoms with E-state index in [1.807, 2.05) is 0 Å². The third-order valence-corrected chi connectivity index (χ3v) is 2.12. The molecule has 1 heterocycles. The molecule has 0 aliphatic carbocycles.